The molecular formula is C22H28O8. The molecule has 1 aliphatic heterocycles. The Kier molecular flexibility index (Phi) is 8.14. The van der Waals surface area contributed by atoms with Crippen molar-refractivity contribution in [1.82, 2.24) is 0 Å². The molecule has 0 bridgehead atoms. The topological polar surface area (TPSA) is 119 Å². The van der Waals surface area contributed by atoms with Gasteiger partial charge in [0, 0.05) is 25.3 Å². The van der Waals surface area contributed by atoms with Crippen molar-refractivity contribution in [3.8, 4) is 0 Å². The van der Waals surface area contributed by atoms with Gasteiger partial charge in [0.25, 0.3) is 0 Å². The van der Waals surface area contributed by atoms with Crippen molar-refractivity contribution in [3.05, 3.63) is 47.1 Å². The molecule has 0 aromatic heterocycles. The summed E-state index contributed by atoms with van der Waals surface area (Å²) >= 11 is 0. The van der Waals surface area contributed by atoms with Gasteiger partial charge in [-0.25, -0.2) is 9.59 Å². The minimum Gasteiger partial charge on any atom is -0.458 e. The summed E-state index contributed by atoms with van der Waals surface area (Å²) in [6.45, 7) is 7.76. The van der Waals surface area contributed by atoms with Gasteiger partial charge in [-0.2, -0.15) is 0 Å². The highest BCUT2D eigenvalue weighted by Gasteiger charge is 2.45. The third-order valence-electron chi connectivity index (χ3n) is 5.14. The van der Waals surface area contributed by atoms with Crippen LogP contribution in [-0.4, -0.2) is 59.6 Å². The second kappa shape index (κ2) is 10.4. The molecular weight excluding hydrogens is 392 g/mol. The zero-order valence-electron chi connectivity index (χ0n) is 17.4. The largest absolute Gasteiger partial charge is 0.458 e. The Labute approximate surface area is 175 Å². The zero-order chi connectivity index (χ0) is 22.4. The summed E-state index contributed by atoms with van der Waals surface area (Å²) in [5.74, 6) is -2.44. The van der Waals surface area contributed by atoms with Gasteiger partial charge in [-0.3, -0.25) is 4.79 Å². The quantitative estimate of drug-likeness (QED) is 0.297. The highest BCUT2D eigenvalue weighted by Crippen LogP contribution is 2.36. The lowest BCUT2D eigenvalue weighted by atomic mass is 9.85. The third kappa shape index (κ3) is 5.67. The number of hydrogen-bond donors (Lipinski definition) is 2. The van der Waals surface area contributed by atoms with Gasteiger partial charge in [-0.1, -0.05) is 18.2 Å². The van der Waals surface area contributed by atoms with Gasteiger partial charge in [-0.15, -0.1) is 0 Å². The van der Waals surface area contributed by atoms with Crippen LogP contribution in [0.2, 0.25) is 0 Å². The molecule has 0 aromatic rings. The van der Waals surface area contributed by atoms with E-state index in [0.29, 0.717) is 18.4 Å². The summed E-state index contributed by atoms with van der Waals surface area (Å²) in [7, 11) is 0. The van der Waals surface area contributed by atoms with Crippen molar-refractivity contribution in [2.24, 2.45) is 5.92 Å². The van der Waals surface area contributed by atoms with Crippen LogP contribution in [0.4, 0.5) is 0 Å². The molecule has 4 atom stereocenters. The Morgan fingerprint density at radius 1 is 1.30 bits per heavy atom. The average molecular weight is 420 g/mol. The number of hydrogen-bond acceptors (Lipinski definition) is 8. The van der Waals surface area contributed by atoms with E-state index in [2.05, 4.69) is 6.58 Å². The van der Waals surface area contributed by atoms with Gasteiger partial charge < -0.3 is 24.4 Å². The monoisotopic (exact) mass is 420 g/mol. The average Bonchev–Trinajstić information content (AvgIpc) is 2.94. The SMILES string of the molecule is C=C1C(=O)O[C@H]2/C=C(/C)[C@H](OC(C)=O)C/C=C(/C)C[C@@H](OC(=O)/C(=C/CO)CO)[C@@H]12. The normalized spacial score (nSPS) is 30.9. The van der Waals surface area contributed by atoms with E-state index in [0.717, 1.165) is 5.57 Å². The number of rotatable bonds is 5. The van der Waals surface area contributed by atoms with E-state index in [1.54, 1.807) is 13.0 Å². The standard InChI is InChI=1S/C22H28O8/c1-12-5-6-17(28-15(4)25)13(2)10-19-20(14(3)21(26)29-19)18(9-12)30-22(27)16(11-24)7-8-23/h5,7,10,17-20,23-24H,3,6,8-9,11H2,1-2,4H3/b12-5-,13-10-,16-7+/t17-,18-,19+,20-/m1/s1. The van der Waals surface area contributed by atoms with Crippen LogP contribution in [0.1, 0.15) is 33.6 Å². The van der Waals surface area contributed by atoms with Gasteiger partial charge in [0.2, 0.25) is 0 Å². The van der Waals surface area contributed by atoms with Crippen LogP contribution in [0.25, 0.3) is 0 Å². The van der Waals surface area contributed by atoms with E-state index >= 15 is 0 Å². The molecule has 1 fully saturated rings. The first-order chi connectivity index (χ1) is 14.2. The lowest BCUT2D eigenvalue weighted by Gasteiger charge is -2.28. The fourth-order valence-corrected chi connectivity index (χ4v) is 3.56. The van der Waals surface area contributed by atoms with Crippen molar-refractivity contribution < 1.29 is 38.8 Å². The van der Waals surface area contributed by atoms with Crippen molar-refractivity contribution >= 4 is 17.9 Å². The van der Waals surface area contributed by atoms with Crippen molar-refractivity contribution in [3.63, 3.8) is 0 Å². The molecule has 2 N–H and O–H groups in total. The Balaban J connectivity index is 2.42. The molecule has 0 aromatic carbocycles. The van der Waals surface area contributed by atoms with E-state index in [1.807, 2.05) is 13.0 Å². The van der Waals surface area contributed by atoms with Crippen molar-refractivity contribution in [1.29, 1.82) is 0 Å². The molecule has 164 valence electrons. The van der Waals surface area contributed by atoms with E-state index < -0.39 is 55.4 Å². The Hall–Kier alpha value is -2.71. The molecule has 8 heteroatoms. The second-order valence-electron chi connectivity index (χ2n) is 7.43. The molecule has 0 spiro atoms. The number of fused-ring (bicyclic) bond motifs is 1. The minimum absolute atomic E-state index is 0.0784. The summed E-state index contributed by atoms with van der Waals surface area (Å²) in [4.78, 5) is 36.2. The Bertz CT molecular complexity index is 804. The first-order valence-electron chi connectivity index (χ1n) is 9.70. The van der Waals surface area contributed by atoms with Crippen LogP contribution >= 0.6 is 0 Å². The molecule has 8 nitrogen and oxygen atoms in total. The number of aliphatic hydroxyl groups excluding tert-OH is 2. The highest BCUT2D eigenvalue weighted by molar-refractivity contribution is 5.92. The molecule has 0 saturated carbocycles. The molecule has 0 amide bonds. The molecule has 0 unspecified atom stereocenters. The molecule has 2 aliphatic rings. The van der Waals surface area contributed by atoms with E-state index in [-0.39, 0.29) is 11.1 Å². The number of ether oxygens (including phenoxy) is 3. The van der Waals surface area contributed by atoms with Crippen LogP contribution in [0.5, 0.6) is 0 Å². The fraction of sp³-hybridized carbons (Fsp3) is 0.500. The van der Waals surface area contributed by atoms with Crippen molar-refractivity contribution in [2.75, 3.05) is 13.2 Å². The van der Waals surface area contributed by atoms with E-state index in [9.17, 15) is 19.5 Å². The molecule has 2 rings (SSSR count). The summed E-state index contributed by atoms with van der Waals surface area (Å²) in [5.41, 5.74) is 1.67. The highest BCUT2D eigenvalue weighted by atomic mass is 16.6. The number of esters is 3. The van der Waals surface area contributed by atoms with E-state index in [4.69, 9.17) is 19.3 Å². The van der Waals surface area contributed by atoms with Crippen LogP contribution in [0.3, 0.4) is 0 Å². The predicted octanol–water partition coefficient (Wildman–Crippen LogP) is 1.53. The van der Waals surface area contributed by atoms with Gasteiger partial charge in [0.05, 0.1) is 24.7 Å². The summed E-state index contributed by atoms with van der Waals surface area (Å²) in [6.07, 6.45) is 3.45. The van der Waals surface area contributed by atoms with Crippen LogP contribution < -0.4 is 0 Å². The second-order valence-corrected chi connectivity index (χ2v) is 7.43. The molecule has 1 aliphatic carbocycles. The summed E-state index contributed by atoms with van der Waals surface area (Å²) < 4.78 is 16.5. The zero-order valence-corrected chi connectivity index (χ0v) is 17.4. The maximum atomic E-state index is 12.5. The Morgan fingerprint density at radius 2 is 2.00 bits per heavy atom. The van der Waals surface area contributed by atoms with Gasteiger partial charge in [0.15, 0.2) is 0 Å². The van der Waals surface area contributed by atoms with Gasteiger partial charge in [-0.05, 0) is 31.6 Å². The maximum Gasteiger partial charge on any atom is 0.336 e. The first kappa shape index (κ1) is 23.6. The summed E-state index contributed by atoms with van der Waals surface area (Å²) in [6, 6.07) is 0. The molecule has 0 radical (unpaired) electrons. The predicted molar refractivity (Wildman–Crippen MR) is 107 cm³/mol. The maximum absolute atomic E-state index is 12.5. The molecule has 1 saturated heterocycles. The number of aliphatic hydroxyl groups is 2. The first-order valence-corrected chi connectivity index (χ1v) is 9.70. The third-order valence-corrected chi connectivity index (χ3v) is 5.14. The van der Waals surface area contributed by atoms with Gasteiger partial charge >= 0.3 is 17.9 Å². The van der Waals surface area contributed by atoms with Crippen LogP contribution in [-0.2, 0) is 28.6 Å². The lowest BCUT2D eigenvalue weighted by Crippen LogP contribution is -2.34. The molecule has 1 heterocycles. The van der Waals surface area contributed by atoms with Crippen LogP contribution in [0.15, 0.2) is 47.1 Å². The lowest BCUT2D eigenvalue weighted by molar-refractivity contribution is -0.148. The molecule has 30 heavy (non-hydrogen) atoms. The van der Waals surface area contributed by atoms with Crippen LogP contribution in [0, 0.1) is 5.92 Å². The smallest absolute Gasteiger partial charge is 0.336 e. The summed E-state index contributed by atoms with van der Waals surface area (Å²) in [5, 5.41) is 18.4. The minimum atomic E-state index is -0.786. The van der Waals surface area contributed by atoms with Gasteiger partial charge in [0.1, 0.15) is 18.3 Å². The fourth-order valence-electron chi connectivity index (χ4n) is 3.56. The van der Waals surface area contributed by atoms with E-state index in [1.165, 1.54) is 13.0 Å². The number of carbonyl (C=O) groups excluding carboxylic acids is 3. The number of carbonyl (C=O) groups is 3. The Morgan fingerprint density at radius 3 is 2.60 bits per heavy atom. The van der Waals surface area contributed by atoms with Crippen molar-refractivity contribution in [2.45, 2.75) is 51.9 Å².